The van der Waals surface area contributed by atoms with Crippen LogP contribution in [-0.4, -0.2) is 52.2 Å². The Kier molecular flexibility index (Phi) is 6.02. The third kappa shape index (κ3) is 4.19. The van der Waals surface area contributed by atoms with E-state index in [9.17, 15) is 14.4 Å². The molecule has 1 saturated heterocycles. The van der Waals surface area contributed by atoms with Crippen LogP contribution in [0.15, 0.2) is 0 Å². The van der Waals surface area contributed by atoms with Gasteiger partial charge in [-0.15, -0.1) is 0 Å². The molecule has 8 nitrogen and oxygen atoms in total. The maximum atomic E-state index is 12.7. The highest BCUT2D eigenvalue weighted by Gasteiger charge is 2.33. The van der Waals surface area contributed by atoms with Gasteiger partial charge in [-0.1, -0.05) is 0 Å². The Labute approximate surface area is 169 Å². The van der Waals surface area contributed by atoms with Gasteiger partial charge in [0.15, 0.2) is 0 Å². The van der Waals surface area contributed by atoms with Crippen LogP contribution in [0.3, 0.4) is 0 Å². The molecule has 3 heterocycles. The van der Waals surface area contributed by atoms with Crippen LogP contribution in [-0.2, 0) is 36.2 Å². The molecule has 28 heavy (non-hydrogen) atoms. The van der Waals surface area contributed by atoms with E-state index < -0.39 is 11.8 Å². The molecule has 0 radical (unpaired) electrons. The van der Waals surface area contributed by atoms with Gasteiger partial charge in [0.2, 0.25) is 0 Å². The standard InChI is InChI=1S/C19H28N4O4S/c1-5-27-18(26)12-6-8-22(9-7-12)17(25)16(24)20-15-13-10-28-11-14(13)21-23(15)19(2,3)4/h12H,5-11H2,1-4H3,(H,20,24). The molecule has 2 amide bonds. The van der Waals surface area contributed by atoms with Crippen molar-refractivity contribution in [2.45, 2.75) is 57.6 Å². The fraction of sp³-hybridized carbons (Fsp3) is 0.684. The van der Waals surface area contributed by atoms with E-state index in [1.165, 1.54) is 4.90 Å². The Morgan fingerprint density at radius 1 is 1.21 bits per heavy atom. The fourth-order valence-electron chi connectivity index (χ4n) is 3.51. The van der Waals surface area contributed by atoms with Crippen LogP contribution in [0, 0.1) is 5.92 Å². The average molecular weight is 409 g/mol. The molecular formula is C19H28N4O4S. The second-order valence-electron chi connectivity index (χ2n) is 8.12. The van der Waals surface area contributed by atoms with Crippen LogP contribution in [0.4, 0.5) is 5.82 Å². The lowest BCUT2D eigenvalue weighted by atomic mass is 9.97. The second-order valence-corrected chi connectivity index (χ2v) is 9.11. The number of hydrogen-bond donors (Lipinski definition) is 1. The lowest BCUT2D eigenvalue weighted by Gasteiger charge is -2.30. The number of nitrogens with zero attached hydrogens (tertiary/aromatic N) is 3. The summed E-state index contributed by atoms with van der Waals surface area (Å²) in [6.07, 6.45) is 1.04. The first kappa shape index (κ1) is 20.7. The van der Waals surface area contributed by atoms with Crippen LogP contribution in [0.5, 0.6) is 0 Å². The van der Waals surface area contributed by atoms with E-state index in [1.807, 2.05) is 20.8 Å². The molecule has 0 aromatic carbocycles. The van der Waals surface area contributed by atoms with Gasteiger partial charge in [-0.05, 0) is 40.5 Å². The van der Waals surface area contributed by atoms with Crippen LogP contribution in [0.1, 0.15) is 51.8 Å². The molecule has 2 aliphatic heterocycles. The molecule has 0 spiro atoms. The highest BCUT2D eigenvalue weighted by Crippen LogP contribution is 2.37. The largest absolute Gasteiger partial charge is 0.466 e. The molecule has 2 aliphatic rings. The molecule has 0 unspecified atom stereocenters. The number of nitrogens with one attached hydrogen (secondary N) is 1. The maximum absolute atomic E-state index is 12.7. The summed E-state index contributed by atoms with van der Waals surface area (Å²) < 4.78 is 6.85. The summed E-state index contributed by atoms with van der Waals surface area (Å²) in [5.41, 5.74) is 1.67. The number of piperidine rings is 1. The molecule has 1 aromatic heterocycles. The van der Waals surface area contributed by atoms with E-state index in [4.69, 9.17) is 4.74 Å². The van der Waals surface area contributed by atoms with Crippen molar-refractivity contribution in [3.05, 3.63) is 11.3 Å². The van der Waals surface area contributed by atoms with Crippen LogP contribution in [0.25, 0.3) is 0 Å². The summed E-state index contributed by atoms with van der Waals surface area (Å²) in [5.74, 6) is 0.572. The Bertz CT molecular complexity index is 776. The molecule has 9 heteroatoms. The van der Waals surface area contributed by atoms with Crippen LogP contribution < -0.4 is 5.32 Å². The smallest absolute Gasteiger partial charge is 0.315 e. The summed E-state index contributed by atoms with van der Waals surface area (Å²) in [4.78, 5) is 38.7. The van der Waals surface area contributed by atoms with E-state index in [0.29, 0.717) is 38.4 Å². The zero-order valence-electron chi connectivity index (χ0n) is 16.9. The molecule has 1 aromatic rings. The molecule has 0 saturated carbocycles. The monoisotopic (exact) mass is 408 g/mol. The number of hydrogen-bond acceptors (Lipinski definition) is 6. The number of amides is 2. The Morgan fingerprint density at radius 2 is 1.89 bits per heavy atom. The van der Waals surface area contributed by atoms with E-state index in [1.54, 1.807) is 23.4 Å². The minimum absolute atomic E-state index is 0.199. The first-order valence-electron chi connectivity index (χ1n) is 9.68. The first-order chi connectivity index (χ1) is 13.2. The van der Waals surface area contributed by atoms with E-state index >= 15 is 0 Å². The van der Waals surface area contributed by atoms with Gasteiger partial charge in [-0.3, -0.25) is 14.4 Å². The van der Waals surface area contributed by atoms with Crippen molar-refractivity contribution in [2.24, 2.45) is 5.92 Å². The van der Waals surface area contributed by atoms with Gasteiger partial charge in [0.25, 0.3) is 0 Å². The van der Waals surface area contributed by atoms with Crippen molar-refractivity contribution in [2.75, 3.05) is 25.0 Å². The quantitative estimate of drug-likeness (QED) is 0.608. The third-order valence-electron chi connectivity index (χ3n) is 5.02. The minimum atomic E-state index is -0.653. The lowest BCUT2D eigenvalue weighted by molar-refractivity contribution is -0.152. The van der Waals surface area contributed by atoms with E-state index in [0.717, 1.165) is 22.8 Å². The zero-order valence-corrected chi connectivity index (χ0v) is 17.7. The molecule has 1 N–H and O–H groups in total. The highest BCUT2D eigenvalue weighted by atomic mass is 32.2. The van der Waals surface area contributed by atoms with Gasteiger partial charge in [-0.2, -0.15) is 16.9 Å². The number of fused-ring (bicyclic) bond motifs is 1. The topological polar surface area (TPSA) is 93.5 Å². The molecule has 0 aliphatic carbocycles. The van der Waals surface area contributed by atoms with Gasteiger partial charge < -0.3 is 15.0 Å². The van der Waals surface area contributed by atoms with Gasteiger partial charge in [0.05, 0.1) is 23.8 Å². The number of anilines is 1. The van der Waals surface area contributed by atoms with Gasteiger partial charge >= 0.3 is 17.8 Å². The van der Waals surface area contributed by atoms with Crippen molar-refractivity contribution >= 4 is 35.4 Å². The van der Waals surface area contributed by atoms with Gasteiger partial charge in [-0.25, -0.2) is 4.68 Å². The number of carbonyl (C=O) groups excluding carboxylic acids is 3. The summed E-state index contributed by atoms with van der Waals surface area (Å²) in [6, 6.07) is 0. The Hall–Kier alpha value is -2.03. The third-order valence-corrected chi connectivity index (χ3v) is 5.99. The van der Waals surface area contributed by atoms with Gasteiger partial charge in [0, 0.05) is 30.2 Å². The fourth-order valence-corrected chi connectivity index (χ4v) is 4.54. The van der Waals surface area contributed by atoms with Crippen molar-refractivity contribution in [1.82, 2.24) is 14.7 Å². The number of rotatable bonds is 3. The molecular weight excluding hydrogens is 380 g/mol. The molecule has 0 bridgehead atoms. The van der Waals surface area contributed by atoms with Crippen molar-refractivity contribution in [1.29, 1.82) is 0 Å². The van der Waals surface area contributed by atoms with Crippen molar-refractivity contribution < 1.29 is 19.1 Å². The molecule has 0 atom stereocenters. The number of likely N-dealkylation sites (tertiary alicyclic amines) is 1. The summed E-state index contributed by atoms with van der Waals surface area (Å²) in [5, 5.41) is 7.45. The summed E-state index contributed by atoms with van der Waals surface area (Å²) >= 11 is 1.75. The minimum Gasteiger partial charge on any atom is -0.466 e. The Morgan fingerprint density at radius 3 is 2.50 bits per heavy atom. The second kappa shape index (κ2) is 8.14. The predicted molar refractivity (Wildman–Crippen MR) is 107 cm³/mol. The van der Waals surface area contributed by atoms with Crippen molar-refractivity contribution in [3.8, 4) is 0 Å². The molecule has 154 valence electrons. The van der Waals surface area contributed by atoms with Crippen LogP contribution in [0.2, 0.25) is 0 Å². The van der Waals surface area contributed by atoms with E-state index in [2.05, 4.69) is 10.4 Å². The van der Waals surface area contributed by atoms with Crippen LogP contribution >= 0.6 is 11.8 Å². The average Bonchev–Trinajstić information content (AvgIpc) is 3.23. The SMILES string of the molecule is CCOC(=O)C1CCN(C(=O)C(=O)Nc2c3c(nn2C(C)(C)C)CSC3)CC1. The first-order valence-corrected chi connectivity index (χ1v) is 10.8. The lowest BCUT2D eigenvalue weighted by Crippen LogP contribution is -2.45. The molecule has 3 rings (SSSR count). The maximum Gasteiger partial charge on any atom is 0.315 e. The number of thioether (sulfide) groups is 1. The number of carbonyl (C=O) groups is 3. The predicted octanol–water partition coefficient (Wildman–Crippen LogP) is 2.13. The number of aromatic nitrogens is 2. The number of esters is 1. The van der Waals surface area contributed by atoms with E-state index in [-0.39, 0.29) is 17.4 Å². The molecule has 1 fully saturated rings. The summed E-state index contributed by atoms with van der Waals surface area (Å²) in [6.45, 7) is 8.92. The van der Waals surface area contributed by atoms with Gasteiger partial charge in [0.1, 0.15) is 5.82 Å². The zero-order chi connectivity index (χ0) is 20.5. The Balaban J connectivity index is 1.66. The number of ether oxygens (including phenoxy) is 1. The highest BCUT2D eigenvalue weighted by molar-refractivity contribution is 7.98. The normalized spacial score (nSPS) is 17.4. The van der Waals surface area contributed by atoms with Crippen molar-refractivity contribution in [3.63, 3.8) is 0 Å². The summed E-state index contributed by atoms with van der Waals surface area (Å²) in [7, 11) is 0.